The van der Waals surface area contributed by atoms with Gasteiger partial charge in [-0.05, 0) is 51.0 Å². The second-order valence-corrected chi connectivity index (χ2v) is 8.79. The lowest BCUT2D eigenvalue weighted by atomic mass is 10.2. The molecule has 5 nitrogen and oxygen atoms in total. The molecular weight excluding hydrogens is 402 g/mol. The number of aromatic nitrogens is 2. The zero-order valence-electron chi connectivity index (χ0n) is 15.6. The second kappa shape index (κ2) is 8.04. The van der Waals surface area contributed by atoms with Gasteiger partial charge in [0, 0.05) is 22.1 Å². The van der Waals surface area contributed by atoms with E-state index >= 15 is 0 Å². The lowest BCUT2D eigenvalue weighted by Gasteiger charge is -2.11. The summed E-state index contributed by atoms with van der Waals surface area (Å²) in [6.07, 6.45) is 0. The first-order valence-electron chi connectivity index (χ1n) is 8.51. The first kappa shape index (κ1) is 19.9. The van der Waals surface area contributed by atoms with E-state index in [9.17, 15) is 9.59 Å². The van der Waals surface area contributed by atoms with Crippen molar-refractivity contribution in [3.8, 4) is 0 Å². The van der Waals surface area contributed by atoms with Crippen LogP contribution in [0.1, 0.15) is 22.9 Å². The molecule has 142 valence electrons. The predicted molar refractivity (Wildman–Crippen MR) is 115 cm³/mol. The SMILES string of the molecule is CCn1c(SCC(=O)Nc2cc(Cl)ccc2C)nc2sc(C)c(C)c2c1=O. The molecule has 0 aliphatic carbocycles. The zero-order chi connectivity index (χ0) is 19.7. The fourth-order valence-corrected chi connectivity index (χ4v) is 4.85. The van der Waals surface area contributed by atoms with Crippen molar-refractivity contribution < 1.29 is 4.79 Å². The molecule has 1 N–H and O–H groups in total. The Bertz CT molecular complexity index is 1090. The monoisotopic (exact) mass is 421 g/mol. The highest BCUT2D eigenvalue weighted by molar-refractivity contribution is 7.99. The summed E-state index contributed by atoms with van der Waals surface area (Å²) < 4.78 is 1.63. The summed E-state index contributed by atoms with van der Waals surface area (Å²) in [7, 11) is 0. The zero-order valence-corrected chi connectivity index (χ0v) is 17.9. The summed E-state index contributed by atoms with van der Waals surface area (Å²) in [4.78, 5) is 31.7. The number of aryl methyl sites for hydroxylation is 3. The maximum atomic E-state index is 12.8. The maximum absolute atomic E-state index is 12.8. The lowest BCUT2D eigenvalue weighted by molar-refractivity contribution is -0.113. The van der Waals surface area contributed by atoms with Gasteiger partial charge in [0.05, 0.1) is 11.1 Å². The third-order valence-electron chi connectivity index (χ3n) is 4.38. The van der Waals surface area contributed by atoms with Crippen LogP contribution in [0.25, 0.3) is 10.2 Å². The van der Waals surface area contributed by atoms with E-state index in [2.05, 4.69) is 10.3 Å². The number of fused-ring (bicyclic) bond motifs is 1. The van der Waals surface area contributed by atoms with Crippen molar-refractivity contribution in [3.63, 3.8) is 0 Å². The van der Waals surface area contributed by atoms with Gasteiger partial charge in [-0.1, -0.05) is 29.4 Å². The molecule has 0 spiro atoms. The highest BCUT2D eigenvalue weighted by Gasteiger charge is 2.17. The number of thioether (sulfide) groups is 1. The summed E-state index contributed by atoms with van der Waals surface area (Å²) in [5, 5.41) is 4.68. The average Bonchev–Trinajstić information content (AvgIpc) is 2.90. The molecular formula is C19H20ClN3O2S2. The van der Waals surface area contributed by atoms with Gasteiger partial charge in [-0.25, -0.2) is 4.98 Å². The first-order valence-corrected chi connectivity index (χ1v) is 10.7. The van der Waals surface area contributed by atoms with Crippen LogP contribution in [0.15, 0.2) is 28.2 Å². The smallest absolute Gasteiger partial charge is 0.263 e. The van der Waals surface area contributed by atoms with E-state index in [1.807, 2.05) is 33.8 Å². The van der Waals surface area contributed by atoms with Crippen molar-refractivity contribution in [1.29, 1.82) is 0 Å². The van der Waals surface area contributed by atoms with Crippen molar-refractivity contribution >= 4 is 56.5 Å². The molecule has 0 radical (unpaired) electrons. The minimum atomic E-state index is -0.166. The molecule has 0 unspecified atom stereocenters. The van der Waals surface area contributed by atoms with Crippen molar-refractivity contribution in [2.24, 2.45) is 0 Å². The molecule has 27 heavy (non-hydrogen) atoms. The van der Waals surface area contributed by atoms with Gasteiger partial charge in [-0.15, -0.1) is 11.3 Å². The molecule has 1 amide bonds. The van der Waals surface area contributed by atoms with E-state index in [1.54, 1.807) is 16.7 Å². The molecule has 8 heteroatoms. The number of nitrogens with zero attached hydrogens (tertiary/aromatic N) is 2. The molecule has 3 aromatic rings. The number of halogens is 1. The Kier molecular flexibility index (Phi) is 5.93. The summed E-state index contributed by atoms with van der Waals surface area (Å²) in [6, 6.07) is 5.37. The Morgan fingerprint density at radius 2 is 2.07 bits per heavy atom. The molecule has 0 atom stereocenters. The number of thiophene rings is 1. The van der Waals surface area contributed by atoms with E-state index in [4.69, 9.17) is 11.6 Å². The fourth-order valence-electron chi connectivity index (χ4n) is 2.74. The molecule has 0 bridgehead atoms. The van der Waals surface area contributed by atoms with Gasteiger partial charge >= 0.3 is 0 Å². The van der Waals surface area contributed by atoms with Crippen LogP contribution in [-0.2, 0) is 11.3 Å². The molecule has 2 aromatic heterocycles. The number of rotatable bonds is 5. The molecule has 0 aliphatic heterocycles. The van der Waals surface area contributed by atoms with Gasteiger partial charge in [0.2, 0.25) is 5.91 Å². The van der Waals surface area contributed by atoms with E-state index in [-0.39, 0.29) is 17.2 Å². The number of amides is 1. The number of carbonyl (C=O) groups is 1. The van der Waals surface area contributed by atoms with E-state index < -0.39 is 0 Å². The van der Waals surface area contributed by atoms with Crippen LogP contribution in [-0.4, -0.2) is 21.2 Å². The topological polar surface area (TPSA) is 64.0 Å². The second-order valence-electron chi connectivity index (χ2n) is 6.20. The normalized spacial score (nSPS) is 11.1. The Balaban J connectivity index is 1.83. The van der Waals surface area contributed by atoms with Crippen molar-refractivity contribution in [3.05, 3.63) is 49.6 Å². The maximum Gasteiger partial charge on any atom is 0.263 e. The largest absolute Gasteiger partial charge is 0.325 e. The number of hydrogen-bond donors (Lipinski definition) is 1. The molecule has 0 aliphatic rings. The van der Waals surface area contributed by atoms with Gasteiger partial charge < -0.3 is 5.32 Å². The third kappa shape index (κ3) is 4.05. The Morgan fingerprint density at radius 3 is 2.78 bits per heavy atom. The van der Waals surface area contributed by atoms with Crippen LogP contribution in [0.2, 0.25) is 5.02 Å². The fraction of sp³-hybridized carbons (Fsp3) is 0.316. The average molecular weight is 422 g/mol. The Labute approximate surface area is 170 Å². The van der Waals surface area contributed by atoms with E-state index in [0.717, 1.165) is 20.8 Å². The standard InChI is InChI=1S/C19H20ClN3O2S2/c1-5-23-18(25)16-11(3)12(4)27-17(16)22-19(23)26-9-15(24)21-14-8-13(20)7-6-10(14)2/h6-8H,5,9H2,1-4H3,(H,21,24). The number of hydrogen-bond acceptors (Lipinski definition) is 5. The minimum absolute atomic E-state index is 0.0436. The summed E-state index contributed by atoms with van der Waals surface area (Å²) in [5.41, 5.74) is 2.57. The molecule has 2 heterocycles. The molecule has 0 saturated carbocycles. The van der Waals surface area contributed by atoms with Crippen LogP contribution in [0.4, 0.5) is 5.69 Å². The Hall–Kier alpha value is -1.83. The lowest BCUT2D eigenvalue weighted by Crippen LogP contribution is -2.23. The quantitative estimate of drug-likeness (QED) is 0.475. The van der Waals surface area contributed by atoms with Crippen molar-refractivity contribution in [2.45, 2.75) is 39.4 Å². The van der Waals surface area contributed by atoms with Crippen molar-refractivity contribution in [1.82, 2.24) is 9.55 Å². The van der Waals surface area contributed by atoms with Gasteiger partial charge in [0.1, 0.15) is 4.83 Å². The Morgan fingerprint density at radius 1 is 1.33 bits per heavy atom. The highest BCUT2D eigenvalue weighted by atomic mass is 35.5. The molecule has 0 fully saturated rings. The molecule has 0 saturated heterocycles. The summed E-state index contributed by atoms with van der Waals surface area (Å²) in [5.74, 6) is -0.00587. The predicted octanol–water partition coefficient (Wildman–Crippen LogP) is 4.79. The van der Waals surface area contributed by atoms with Crippen LogP contribution in [0, 0.1) is 20.8 Å². The number of benzene rings is 1. The van der Waals surface area contributed by atoms with Crippen LogP contribution in [0.5, 0.6) is 0 Å². The van der Waals surface area contributed by atoms with Crippen LogP contribution < -0.4 is 10.9 Å². The summed E-state index contributed by atoms with van der Waals surface area (Å²) >= 11 is 8.78. The number of carbonyl (C=O) groups excluding carboxylic acids is 1. The highest BCUT2D eigenvalue weighted by Crippen LogP contribution is 2.28. The number of anilines is 1. The minimum Gasteiger partial charge on any atom is -0.325 e. The first-order chi connectivity index (χ1) is 12.8. The molecule has 1 aromatic carbocycles. The van der Waals surface area contributed by atoms with E-state index in [0.29, 0.717) is 27.8 Å². The van der Waals surface area contributed by atoms with E-state index in [1.165, 1.54) is 23.1 Å². The van der Waals surface area contributed by atoms with Gasteiger partial charge in [-0.2, -0.15) is 0 Å². The number of nitrogens with one attached hydrogen (secondary N) is 1. The van der Waals surface area contributed by atoms with Gasteiger partial charge in [0.15, 0.2) is 5.16 Å². The summed E-state index contributed by atoms with van der Waals surface area (Å²) in [6.45, 7) is 8.26. The van der Waals surface area contributed by atoms with Crippen molar-refractivity contribution in [2.75, 3.05) is 11.1 Å². The van der Waals surface area contributed by atoms with Gasteiger partial charge in [0.25, 0.3) is 5.56 Å². The van der Waals surface area contributed by atoms with Crippen LogP contribution in [0.3, 0.4) is 0 Å². The van der Waals surface area contributed by atoms with Gasteiger partial charge in [-0.3, -0.25) is 14.2 Å². The van der Waals surface area contributed by atoms with Crippen LogP contribution >= 0.6 is 34.7 Å². The molecule has 3 rings (SSSR count). The third-order valence-corrected chi connectivity index (χ3v) is 6.69.